The van der Waals surface area contributed by atoms with Crippen LogP contribution in [-0.4, -0.2) is 17.2 Å². The van der Waals surface area contributed by atoms with Crippen LogP contribution in [0, 0.1) is 0 Å². The predicted molar refractivity (Wildman–Crippen MR) is 77.2 cm³/mol. The monoisotopic (exact) mass is 317 g/mol. The average molecular weight is 319 g/mol. The van der Waals surface area contributed by atoms with Gasteiger partial charge in [0.2, 0.25) is 5.88 Å². The van der Waals surface area contributed by atoms with E-state index in [1.165, 1.54) is 7.11 Å². The second-order valence-corrected chi connectivity index (χ2v) is 5.04. The molecule has 0 spiro atoms. The van der Waals surface area contributed by atoms with Crippen molar-refractivity contribution in [2.45, 2.75) is 6.61 Å². The summed E-state index contributed by atoms with van der Waals surface area (Å²) in [7, 11) is 1.51. The highest BCUT2D eigenvalue weighted by molar-refractivity contribution is 6.41. The Bertz CT molecular complexity index is 594. The molecule has 6 heteroatoms. The van der Waals surface area contributed by atoms with E-state index in [1.54, 1.807) is 24.4 Å². The molecule has 2 aromatic rings. The van der Waals surface area contributed by atoms with Gasteiger partial charge in [0.25, 0.3) is 0 Å². The highest BCUT2D eigenvalue weighted by Crippen LogP contribution is 2.39. The van der Waals surface area contributed by atoms with Gasteiger partial charge in [0, 0.05) is 28.4 Å². The lowest BCUT2D eigenvalue weighted by Gasteiger charge is -2.12. The van der Waals surface area contributed by atoms with Crippen molar-refractivity contribution in [3.63, 3.8) is 0 Å². The molecule has 1 aromatic heterocycles. The maximum Gasteiger partial charge on any atom is 0.213 e. The number of ether oxygens (including phenoxy) is 1. The minimum absolute atomic E-state index is 0.177. The fraction of sp³-hybridized carbons (Fsp3) is 0.154. The first-order chi connectivity index (χ1) is 9.06. The van der Waals surface area contributed by atoms with Gasteiger partial charge in [0.05, 0.1) is 23.8 Å². The lowest BCUT2D eigenvalue weighted by molar-refractivity contribution is 0.281. The maximum absolute atomic E-state index is 9.44. The van der Waals surface area contributed by atoms with E-state index in [0.717, 1.165) is 0 Å². The number of benzene rings is 1. The maximum atomic E-state index is 9.44. The normalized spacial score (nSPS) is 10.6. The molecule has 0 unspecified atom stereocenters. The molecule has 2 rings (SSSR count). The fourth-order valence-corrected chi connectivity index (χ4v) is 2.76. The van der Waals surface area contributed by atoms with E-state index in [9.17, 15) is 5.11 Å². The lowest BCUT2D eigenvalue weighted by Crippen LogP contribution is -1.96. The molecule has 0 atom stereocenters. The molecule has 0 aliphatic rings. The Kier molecular flexibility index (Phi) is 4.53. The smallest absolute Gasteiger partial charge is 0.213 e. The SMILES string of the molecule is COc1cc(CO)c(-c2c(Cl)cc(Cl)cc2Cl)cn1. The number of aliphatic hydroxyl groups is 1. The minimum Gasteiger partial charge on any atom is -0.481 e. The zero-order chi connectivity index (χ0) is 14.0. The Balaban J connectivity index is 2.65. The van der Waals surface area contributed by atoms with Crippen LogP contribution in [0.4, 0.5) is 0 Å². The molecule has 1 aromatic carbocycles. The average Bonchev–Trinajstić information content (AvgIpc) is 2.37. The topological polar surface area (TPSA) is 42.4 Å². The summed E-state index contributed by atoms with van der Waals surface area (Å²) < 4.78 is 5.02. The zero-order valence-corrected chi connectivity index (χ0v) is 12.2. The van der Waals surface area contributed by atoms with Crippen molar-refractivity contribution >= 4 is 34.8 Å². The molecule has 100 valence electrons. The number of methoxy groups -OCH3 is 1. The van der Waals surface area contributed by atoms with Gasteiger partial charge in [-0.05, 0) is 17.7 Å². The second-order valence-electron chi connectivity index (χ2n) is 3.79. The Morgan fingerprint density at radius 2 is 1.79 bits per heavy atom. The quantitative estimate of drug-likeness (QED) is 0.922. The number of hydrogen-bond acceptors (Lipinski definition) is 3. The van der Waals surface area contributed by atoms with Crippen molar-refractivity contribution in [1.29, 1.82) is 0 Å². The molecule has 1 heterocycles. The van der Waals surface area contributed by atoms with E-state index in [2.05, 4.69) is 4.98 Å². The van der Waals surface area contributed by atoms with Crippen molar-refractivity contribution in [3.05, 3.63) is 45.0 Å². The van der Waals surface area contributed by atoms with Crippen LogP contribution in [0.2, 0.25) is 15.1 Å². The van der Waals surface area contributed by atoms with Gasteiger partial charge >= 0.3 is 0 Å². The number of aliphatic hydroxyl groups excluding tert-OH is 1. The van der Waals surface area contributed by atoms with E-state index >= 15 is 0 Å². The Labute approximate surface area is 125 Å². The molecule has 3 nitrogen and oxygen atoms in total. The zero-order valence-electron chi connectivity index (χ0n) is 9.95. The highest BCUT2D eigenvalue weighted by atomic mass is 35.5. The number of rotatable bonds is 3. The minimum atomic E-state index is -0.177. The van der Waals surface area contributed by atoms with Crippen LogP contribution in [0.15, 0.2) is 24.4 Å². The second kappa shape index (κ2) is 5.97. The summed E-state index contributed by atoms with van der Waals surface area (Å²) in [4.78, 5) is 4.10. The molecular weight excluding hydrogens is 309 g/mol. The Morgan fingerprint density at radius 3 is 2.32 bits per heavy atom. The standard InChI is InChI=1S/C13H10Cl3NO2/c1-19-12-2-7(6-18)9(5-17-12)13-10(15)3-8(14)4-11(13)16/h2-5,18H,6H2,1H3. The van der Waals surface area contributed by atoms with Crippen LogP contribution in [0.25, 0.3) is 11.1 Å². The van der Waals surface area contributed by atoms with Crippen LogP contribution < -0.4 is 4.74 Å². The van der Waals surface area contributed by atoms with Crippen LogP contribution in [-0.2, 0) is 6.61 Å². The molecular formula is C13H10Cl3NO2. The number of pyridine rings is 1. The largest absolute Gasteiger partial charge is 0.481 e. The van der Waals surface area contributed by atoms with E-state index < -0.39 is 0 Å². The van der Waals surface area contributed by atoms with Crippen molar-refractivity contribution < 1.29 is 9.84 Å². The first-order valence-corrected chi connectivity index (χ1v) is 6.49. The molecule has 0 fully saturated rings. The molecule has 1 N–H and O–H groups in total. The van der Waals surface area contributed by atoms with Crippen LogP contribution >= 0.6 is 34.8 Å². The number of hydrogen-bond donors (Lipinski definition) is 1. The summed E-state index contributed by atoms with van der Waals surface area (Å²) in [5.41, 5.74) is 1.86. The molecule has 0 saturated carbocycles. The number of nitrogens with zero attached hydrogens (tertiary/aromatic N) is 1. The highest BCUT2D eigenvalue weighted by Gasteiger charge is 2.15. The van der Waals surface area contributed by atoms with Crippen molar-refractivity contribution in [2.75, 3.05) is 7.11 Å². The van der Waals surface area contributed by atoms with Crippen LogP contribution in [0.5, 0.6) is 5.88 Å². The molecule has 0 amide bonds. The van der Waals surface area contributed by atoms with Gasteiger partial charge in [-0.3, -0.25) is 0 Å². The van der Waals surface area contributed by atoms with Gasteiger partial charge in [-0.15, -0.1) is 0 Å². The van der Waals surface area contributed by atoms with Crippen LogP contribution in [0.3, 0.4) is 0 Å². The summed E-state index contributed by atoms with van der Waals surface area (Å²) in [6.45, 7) is -0.177. The van der Waals surface area contributed by atoms with Gasteiger partial charge in [-0.1, -0.05) is 34.8 Å². The van der Waals surface area contributed by atoms with Gasteiger partial charge in [0.15, 0.2) is 0 Å². The predicted octanol–water partition coefficient (Wildman–Crippen LogP) is 4.21. The van der Waals surface area contributed by atoms with Crippen molar-refractivity contribution in [1.82, 2.24) is 4.98 Å². The third-order valence-electron chi connectivity index (χ3n) is 2.62. The summed E-state index contributed by atoms with van der Waals surface area (Å²) in [6, 6.07) is 4.82. The lowest BCUT2D eigenvalue weighted by atomic mass is 10.0. The number of aromatic nitrogens is 1. The Hall–Kier alpha value is -1.00. The third kappa shape index (κ3) is 2.95. The molecule has 0 aliphatic heterocycles. The van der Waals surface area contributed by atoms with Gasteiger partial charge in [-0.2, -0.15) is 0 Å². The summed E-state index contributed by atoms with van der Waals surface area (Å²) >= 11 is 18.2. The first-order valence-electron chi connectivity index (χ1n) is 5.35. The summed E-state index contributed by atoms with van der Waals surface area (Å²) in [6.07, 6.45) is 1.56. The summed E-state index contributed by atoms with van der Waals surface area (Å²) in [5.74, 6) is 0.411. The van der Waals surface area contributed by atoms with Gasteiger partial charge < -0.3 is 9.84 Å². The first kappa shape index (κ1) is 14.4. The van der Waals surface area contributed by atoms with Crippen molar-refractivity contribution in [3.8, 4) is 17.0 Å². The van der Waals surface area contributed by atoms with E-state index in [-0.39, 0.29) is 6.61 Å². The molecule has 19 heavy (non-hydrogen) atoms. The Morgan fingerprint density at radius 1 is 1.16 bits per heavy atom. The fourth-order valence-electron chi connectivity index (χ4n) is 1.74. The molecule has 0 radical (unpaired) electrons. The van der Waals surface area contributed by atoms with Gasteiger partial charge in [-0.25, -0.2) is 4.98 Å². The third-order valence-corrected chi connectivity index (χ3v) is 3.43. The van der Waals surface area contributed by atoms with Crippen molar-refractivity contribution in [2.24, 2.45) is 0 Å². The van der Waals surface area contributed by atoms with Gasteiger partial charge in [0.1, 0.15) is 0 Å². The summed E-state index contributed by atoms with van der Waals surface area (Å²) in [5, 5.41) is 10.7. The van der Waals surface area contributed by atoms with E-state index in [0.29, 0.717) is 37.6 Å². The van der Waals surface area contributed by atoms with E-state index in [4.69, 9.17) is 39.5 Å². The molecule has 0 saturated heterocycles. The van der Waals surface area contributed by atoms with Crippen LogP contribution in [0.1, 0.15) is 5.56 Å². The van der Waals surface area contributed by atoms with E-state index in [1.807, 2.05) is 0 Å². The molecule has 0 bridgehead atoms. The number of halogens is 3. The molecule has 0 aliphatic carbocycles.